The highest BCUT2D eigenvalue weighted by atomic mass is 19.3. The lowest BCUT2D eigenvalue weighted by Crippen LogP contribution is -2.38. The molecule has 0 amide bonds. The number of benzene rings is 2. The molecule has 0 atom stereocenters. The number of alkyl halides is 2. The Hall–Kier alpha value is -2.97. The summed E-state index contributed by atoms with van der Waals surface area (Å²) in [5, 5.41) is 0. The molecule has 0 unspecified atom stereocenters. The van der Waals surface area contributed by atoms with E-state index in [4.69, 9.17) is 4.74 Å². The van der Waals surface area contributed by atoms with E-state index in [-0.39, 0.29) is 16.9 Å². The normalized spacial score (nSPS) is 24.0. The van der Waals surface area contributed by atoms with Crippen LogP contribution in [0.15, 0.2) is 60.6 Å². The van der Waals surface area contributed by atoms with Gasteiger partial charge in [0.25, 0.3) is 0 Å². The minimum Gasteiger partial charge on any atom is -0.432 e. The summed E-state index contributed by atoms with van der Waals surface area (Å²) in [5.41, 5.74) is 0.214. The molecule has 2 saturated carbocycles. The highest BCUT2D eigenvalue weighted by molar-refractivity contribution is 5.65. The van der Waals surface area contributed by atoms with Crippen LogP contribution in [0, 0.1) is 35.3 Å². The third kappa shape index (κ3) is 7.17. The molecule has 4 rings (SSSR count). The standard InChI is InChI=1S/C30H31F7O2/c1-2-3-18-4-6-19(7-5-18)20-8-12-23(13-9-20)30(36,37)39-24-14-10-21(11-15-24)22-16-25(31)27(26(32)17-22)38-29(35)28(33)34/h2-3,10-11,14-20,23H,4-9,12-13H2,1H3. The number of allylic oxidation sites excluding steroid dienone is 2. The van der Waals surface area contributed by atoms with Gasteiger partial charge in [0.05, 0.1) is 5.92 Å². The third-order valence-corrected chi connectivity index (χ3v) is 7.98. The molecule has 0 aliphatic heterocycles. The van der Waals surface area contributed by atoms with Crippen LogP contribution in [-0.2, 0) is 0 Å². The van der Waals surface area contributed by atoms with Crippen LogP contribution >= 0.6 is 0 Å². The molecule has 2 fully saturated rings. The smallest absolute Gasteiger partial charge is 0.400 e. The van der Waals surface area contributed by atoms with Gasteiger partial charge in [0.1, 0.15) is 5.75 Å². The summed E-state index contributed by atoms with van der Waals surface area (Å²) in [5.74, 6) is -3.41. The SMILES string of the molecule is CC=CC1CCC(C2CCC(C(F)(F)Oc3ccc(-c4cc(F)c(OC(F)=C(F)F)c(F)c4)cc3)CC2)CC1. The van der Waals surface area contributed by atoms with E-state index in [9.17, 15) is 22.0 Å². The second-order valence-corrected chi connectivity index (χ2v) is 10.4. The van der Waals surface area contributed by atoms with Crippen LogP contribution in [0.5, 0.6) is 11.5 Å². The molecule has 2 aromatic carbocycles. The van der Waals surface area contributed by atoms with Crippen LogP contribution in [0.4, 0.5) is 30.7 Å². The molecule has 2 aliphatic rings. The van der Waals surface area contributed by atoms with E-state index in [0.717, 1.165) is 50.7 Å². The van der Waals surface area contributed by atoms with Gasteiger partial charge in [-0.25, -0.2) is 8.78 Å². The van der Waals surface area contributed by atoms with E-state index in [2.05, 4.69) is 16.9 Å². The molecule has 0 N–H and O–H groups in total. The Morgan fingerprint density at radius 3 is 1.85 bits per heavy atom. The average Bonchev–Trinajstić information content (AvgIpc) is 2.91. The summed E-state index contributed by atoms with van der Waals surface area (Å²) < 4.78 is 105. The number of halogens is 7. The Kier molecular flexibility index (Phi) is 9.28. The lowest BCUT2D eigenvalue weighted by Gasteiger charge is -2.39. The number of hydrogen-bond donors (Lipinski definition) is 0. The quantitative estimate of drug-likeness (QED) is 0.183. The summed E-state index contributed by atoms with van der Waals surface area (Å²) in [6.07, 6.45) is 5.06. The maximum absolute atomic E-state index is 15.0. The van der Waals surface area contributed by atoms with Gasteiger partial charge in [-0.3, -0.25) is 0 Å². The summed E-state index contributed by atoms with van der Waals surface area (Å²) in [7, 11) is 0. The van der Waals surface area contributed by atoms with Gasteiger partial charge in [-0.1, -0.05) is 24.3 Å². The molecule has 0 aromatic heterocycles. The summed E-state index contributed by atoms with van der Waals surface area (Å²) >= 11 is 0. The van der Waals surface area contributed by atoms with Gasteiger partial charge in [-0.2, -0.15) is 22.0 Å². The molecule has 2 nitrogen and oxygen atoms in total. The monoisotopic (exact) mass is 556 g/mol. The van der Waals surface area contributed by atoms with Crippen molar-refractivity contribution in [2.45, 2.75) is 64.4 Å². The molecule has 0 saturated heterocycles. The van der Waals surface area contributed by atoms with Crippen molar-refractivity contribution in [1.29, 1.82) is 0 Å². The van der Waals surface area contributed by atoms with E-state index < -0.39 is 41.5 Å². The molecule has 212 valence electrons. The number of rotatable bonds is 8. The van der Waals surface area contributed by atoms with Gasteiger partial charge in [-0.05, 0) is 111 Å². The summed E-state index contributed by atoms with van der Waals surface area (Å²) in [4.78, 5) is 0. The van der Waals surface area contributed by atoms with E-state index in [0.29, 0.717) is 30.6 Å². The fourth-order valence-electron chi connectivity index (χ4n) is 5.92. The van der Waals surface area contributed by atoms with E-state index in [1.54, 1.807) is 0 Å². The maximum atomic E-state index is 15.0. The molecule has 0 spiro atoms. The van der Waals surface area contributed by atoms with Crippen molar-refractivity contribution in [2.75, 3.05) is 0 Å². The predicted octanol–water partition coefficient (Wildman–Crippen LogP) is 10.2. The Balaban J connectivity index is 1.34. The molecule has 2 aromatic rings. The van der Waals surface area contributed by atoms with E-state index in [1.165, 1.54) is 24.3 Å². The zero-order valence-corrected chi connectivity index (χ0v) is 21.5. The van der Waals surface area contributed by atoms with Crippen LogP contribution in [0.1, 0.15) is 58.3 Å². The fraction of sp³-hybridized carbons (Fsp3) is 0.467. The first kappa shape index (κ1) is 29.0. The van der Waals surface area contributed by atoms with Crippen molar-refractivity contribution in [2.24, 2.45) is 23.7 Å². The Morgan fingerprint density at radius 2 is 1.33 bits per heavy atom. The van der Waals surface area contributed by atoms with Crippen LogP contribution in [0.25, 0.3) is 11.1 Å². The Labute approximate surface area is 223 Å². The largest absolute Gasteiger partial charge is 0.432 e. The van der Waals surface area contributed by atoms with Crippen molar-refractivity contribution in [3.63, 3.8) is 0 Å². The molecule has 2 aliphatic carbocycles. The molecular weight excluding hydrogens is 525 g/mol. The summed E-state index contributed by atoms with van der Waals surface area (Å²) in [6, 6.07) is 4.31. The van der Waals surface area contributed by atoms with Gasteiger partial charge < -0.3 is 9.47 Å². The van der Waals surface area contributed by atoms with Crippen molar-refractivity contribution < 1.29 is 40.2 Å². The van der Waals surface area contributed by atoms with Crippen molar-refractivity contribution in [3.8, 4) is 22.6 Å². The first-order valence-electron chi connectivity index (χ1n) is 13.2. The molecule has 0 heterocycles. The van der Waals surface area contributed by atoms with Crippen molar-refractivity contribution >= 4 is 0 Å². The van der Waals surface area contributed by atoms with Crippen LogP contribution in [-0.4, -0.2) is 6.11 Å². The topological polar surface area (TPSA) is 18.5 Å². The van der Waals surface area contributed by atoms with Gasteiger partial charge in [0, 0.05) is 0 Å². The van der Waals surface area contributed by atoms with Crippen LogP contribution in [0.2, 0.25) is 0 Å². The third-order valence-electron chi connectivity index (χ3n) is 7.98. The minimum atomic E-state index is -3.36. The predicted molar refractivity (Wildman–Crippen MR) is 134 cm³/mol. The fourth-order valence-corrected chi connectivity index (χ4v) is 5.92. The van der Waals surface area contributed by atoms with Gasteiger partial charge in [0.2, 0.25) is 5.75 Å². The van der Waals surface area contributed by atoms with Crippen LogP contribution < -0.4 is 9.47 Å². The Bertz CT molecular complexity index is 1150. The molecule has 0 radical (unpaired) electrons. The van der Waals surface area contributed by atoms with Crippen molar-refractivity contribution in [3.05, 3.63) is 72.3 Å². The van der Waals surface area contributed by atoms with Gasteiger partial charge >= 0.3 is 18.2 Å². The lowest BCUT2D eigenvalue weighted by molar-refractivity contribution is -0.224. The lowest BCUT2D eigenvalue weighted by atomic mass is 9.69. The first-order chi connectivity index (χ1) is 18.6. The Morgan fingerprint density at radius 1 is 0.795 bits per heavy atom. The average molecular weight is 557 g/mol. The maximum Gasteiger partial charge on any atom is 0.400 e. The van der Waals surface area contributed by atoms with Gasteiger partial charge in [-0.15, -0.1) is 0 Å². The number of ether oxygens (including phenoxy) is 2. The van der Waals surface area contributed by atoms with E-state index in [1.807, 2.05) is 6.92 Å². The molecule has 39 heavy (non-hydrogen) atoms. The second kappa shape index (κ2) is 12.5. The second-order valence-electron chi connectivity index (χ2n) is 10.4. The highest BCUT2D eigenvalue weighted by Crippen LogP contribution is 2.45. The minimum absolute atomic E-state index is 0.0289. The zero-order chi connectivity index (χ0) is 28.2. The van der Waals surface area contributed by atoms with E-state index >= 15 is 8.78 Å². The van der Waals surface area contributed by atoms with Gasteiger partial charge in [0.15, 0.2) is 11.6 Å². The summed E-state index contributed by atoms with van der Waals surface area (Å²) in [6.45, 7) is 2.03. The van der Waals surface area contributed by atoms with Crippen molar-refractivity contribution in [1.82, 2.24) is 0 Å². The highest BCUT2D eigenvalue weighted by Gasteiger charge is 2.45. The zero-order valence-electron chi connectivity index (χ0n) is 21.5. The van der Waals surface area contributed by atoms with Crippen LogP contribution in [0.3, 0.4) is 0 Å². The molecule has 9 heteroatoms. The molecular formula is C30H31F7O2. The molecule has 0 bridgehead atoms. The first-order valence-corrected chi connectivity index (χ1v) is 13.2. The number of hydrogen-bond acceptors (Lipinski definition) is 2.